The Kier molecular flexibility index (Phi) is 1.94. The van der Waals surface area contributed by atoms with Crippen LogP contribution in [0, 0.1) is 23.7 Å². The van der Waals surface area contributed by atoms with Crippen molar-refractivity contribution in [1.29, 1.82) is 0 Å². The van der Waals surface area contributed by atoms with Crippen LogP contribution in [0.4, 0.5) is 0 Å². The minimum atomic E-state index is -0.0368. The van der Waals surface area contributed by atoms with Gasteiger partial charge in [0.2, 0.25) is 0 Å². The Morgan fingerprint density at radius 3 is 2.07 bits per heavy atom. The van der Waals surface area contributed by atoms with Gasteiger partial charge in [-0.25, -0.2) is 0 Å². The van der Waals surface area contributed by atoms with Gasteiger partial charge in [0.25, 0.3) is 0 Å². The maximum Gasteiger partial charge on any atom is 0.0728 e. The molecule has 2 heteroatoms. The third kappa shape index (κ3) is 1.04. The largest absolute Gasteiger partial charge is 0.391 e. The average molecular weight is 195 g/mol. The van der Waals surface area contributed by atoms with Gasteiger partial charge < -0.3 is 10.0 Å². The fourth-order valence-corrected chi connectivity index (χ4v) is 4.56. The Hall–Kier alpha value is -0.0800. The van der Waals surface area contributed by atoms with Crippen LogP contribution in [-0.2, 0) is 0 Å². The molecule has 4 bridgehead atoms. The van der Waals surface area contributed by atoms with Gasteiger partial charge in [0, 0.05) is 6.04 Å². The van der Waals surface area contributed by atoms with Crippen molar-refractivity contribution in [3.63, 3.8) is 0 Å². The number of rotatable bonds is 1. The summed E-state index contributed by atoms with van der Waals surface area (Å²) in [7, 11) is 4.25. The van der Waals surface area contributed by atoms with Crippen LogP contribution in [0.2, 0.25) is 0 Å². The molecule has 0 spiro atoms. The van der Waals surface area contributed by atoms with E-state index in [0.29, 0.717) is 12.0 Å². The van der Waals surface area contributed by atoms with Crippen molar-refractivity contribution in [3.8, 4) is 0 Å². The van der Waals surface area contributed by atoms with Crippen LogP contribution in [0.15, 0.2) is 0 Å². The summed E-state index contributed by atoms with van der Waals surface area (Å²) >= 11 is 0. The number of likely N-dealkylation sites (N-methyl/N-ethyl adjacent to an activating group) is 1. The highest BCUT2D eigenvalue weighted by molar-refractivity contribution is 5.06. The van der Waals surface area contributed by atoms with Crippen LogP contribution in [0.3, 0.4) is 0 Å². The second-order valence-corrected chi connectivity index (χ2v) is 5.84. The minimum absolute atomic E-state index is 0.0368. The number of hydrogen-bond donors (Lipinski definition) is 1. The zero-order valence-electron chi connectivity index (χ0n) is 9.19. The highest BCUT2D eigenvalue weighted by atomic mass is 16.3. The summed E-state index contributed by atoms with van der Waals surface area (Å²) in [4.78, 5) is 2.26. The van der Waals surface area contributed by atoms with E-state index >= 15 is 0 Å². The van der Waals surface area contributed by atoms with Gasteiger partial charge in [0.1, 0.15) is 0 Å². The first-order chi connectivity index (χ1) is 6.68. The van der Waals surface area contributed by atoms with Crippen LogP contribution in [0.1, 0.15) is 25.7 Å². The minimum Gasteiger partial charge on any atom is -0.391 e. The van der Waals surface area contributed by atoms with Crippen molar-refractivity contribution < 1.29 is 5.11 Å². The van der Waals surface area contributed by atoms with Gasteiger partial charge >= 0.3 is 0 Å². The van der Waals surface area contributed by atoms with E-state index in [1.165, 1.54) is 25.7 Å². The van der Waals surface area contributed by atoms with Crippen molar-refractivity contribution in [2.45, 2.75) is 37.8 Å². The van der Waals surface area contributed by atoms with Gasteiger partial charge in [0.15, 0.2) is 0 Å². The zero-order chi connectivity index (χ0) is 9.87. The average Bonchev–Trinajstić information content (AvgIpc) is 2.17. The first-order valence-electron chi connectivity index (χ1n) is 6.03. The second-order valence-electron chi connectivity index (χ2n) is 5.84. The molecule has 5 saturated carbocycles. The first kappa shape index (κ1) is 9.17. The van der Waals surface area contributed by atoms with E-state index < -0.39 is 0 Å². The predicted molar refractivity (Wildman–Crippen MR) is 55.9 cm³/mol. The van der Waals surface area contributed by atoms with Crippen LogP contribution < -0.4 is 0 Å². The first-order valence-corrected chi connectivity index (χ1v) is 6.03. The fourth-order valence-electron chi connectivity index (χ4n) is 4.56. The van der Waals surface area contributed by atoms with Gasteiger partial charge in [-0.1, -0.05) is 0 Å². The van der Waals surface area contributed by atoms with E-state index in [1.807, 2.05) is 0 Å². The monoisotopic (exact) mass is 195 g/mol. The Balaban J connectivity index is 1.91. The third-order valence-corrected chi connectivity index (χ3v) is 5.09. The topological polar surface area (TPSA) is 23.5 Å². The quantitative estimate of drug-likeness (QED) is 0.682. The van der Waals surface area contributed by atoms with Gasteiger partial charge in [-0.05, 0) is 63.5 Å². The zero-order valence-corrected chi connectivity index (χ0v) is 9.19. The molecule has 0 aliphatic heterocycles. The lowest BCUT2D eigenvalue weighted by Gasteiger charge is -2.60. The van der Waals surface area contributed by atoms with Crippen molar-refractivity contribution in [3.05, 3.63) is 0 Å². The molecule has 5 fully saturated rings. The third-order valence-electron chi connectivity index (χ3n) is 5.09. The van der Waals surface area contributed by atoms with E-state index in [0.717, 1.165) is 17.8 Å². The molecule has 0 heterocycles. The molecule has 0 radical (unpaired) electrons. The van der Waals surface area contributed by atoms with Gasteiger partial charge in [-0.3, -0.25) is 0 Å². The number of fused-ring (bicyclic) bond motifs is 2. The highest BCUT2D eigenvalue weighted by Crippen LogP contribution is 2.56. The standard InChI is InChI=1S/C12H21NO/c1-13(2)11-9-5-8-4-3-7(9)6-10(8)12(11)14/h7-12,14H,3-6H2,1-2H3/t7-,8-,9-,10-,11-,12-/m0/s1. The molecule has 0 aromatic carbocycles. The Morgan fingerprint density at radius 2 is 1.57 bits per heavy atom. The van der Waals surface area contributed by atoms with E-state index in [1.54, 1.807) is 0 Å². The smallest absolute Gasteiger partial charge is 0.0728 e. The number of aliphatic hydroxyl groups excluding tert-OH is 1. The molecule has 5 aliphatic carbocycles. The fraction of sp³-hybridized carbons (Fsp3) is 1.00. The predicted octanol–water partition coefficient (Wildman–Crippen LogP) is 1.34. The van der Waals surface area contributed by atoms with Crippen molar-refractivity contribution in [2.24, 2.45) is 23.7 Å². The van der Waals surface area contributed by atoms with E-state index in [9.17, 15) is 5.11 Å². The van der Waals surface area contributed by atoms with Crippen LogP contribution in [-0.4, -0.2) is 36.2 Å². The molecular formula is C12H21NO. The summed E-state index contributed by atoms with van der Waals surface area (Å²) in [6, 6.07) is 0.454. The molecule has 0 aromatic heterocycles. The normalized spacial score (nSPS) is 55.7. The van der Waals surface area contributed by atoms with E-state index in [2.05, 4.69) is 19.0 Å². The SMILES string of the molecule is CN(C)[C@@H]1[C@@H](O)[C@H]2C[C@@H]3CC[C@H]2C[C@@H]31. The maximum atomic E-state index is 10.3. The van der Waals surface area contributed by atoms with Crippen LogP contribution in [0.25, 0.3) is 0 Å². The number of nitrogens with zero attached hydrogens (tertiary/aromatic N) is 1. The summed E-state index contributed by atoms with van der Waals surface area (Å²) < 4.78 is 0. The lowest BCUT2D eigenvalue weighted by Crippen LogP contribution is -2.62. The van der Waals surface area contributed by atoms with Gasteiger partial charge in [0.05, 0.1) is 6.10 Å². The van der Waals surface area contributed by atoms with Crippen LogP contribution in [0.5, 0.6) is 0 Å². The maximum absolute atomic E-state index is 10.3. The van der Waals surface area contributed by atoms with Gasteiger partial charge in [-0.15, -0.1) is 0 Å². The molecule has 0 saturated heterocycles. The van der Waals surface area contributed by atoms with Crippen molar-refractivity contribution in [2.75, 3.05) is 14.1 Å². The lowest BCUT2D eigenvalue weighted by atomic mass is 9.50. The number of aliphatic hydroxyl groups is 1. The van der Waals surface area contributed by atoms with E-state index in [-0.39, 0.29) is 6.10 Å². The molecule has 0 unspecified atom stereocenters. The summed E-state index contributed by atoms with van der Waals surface area (Å²) in [5, 5.41) is 10.3. The summed E-state index contributed by atoms with van der Waals surface area (Å²) in [5.74, 6) is 3.21. The molecule has 80 valence electrons. The Labute approximate surface area is 86.3 Å². The number of hydrogen-bond acceptors (Lipinski definition) is 2. The lowest BCUT2D eigenvalue weighted by molar-refractivity contribution is -0.149. The van der Waals surface area contributed by atoms with Crippen LogP contribution >= 0.6 is 0 Å². The molecule has 6 atom stereocenters. The molecule has 5 rings (SSSR count). The molecule has 5 aliphatic rings. The molecule has 0 aromatic rings. The Morgan fingerprint density at radius 1 is 1.00 bits per heavy atom. The molecule has 1 N–H and O–H groups in total. The van der Waals surface area contributed by atoms with Crippen molar-refractivity contribution in [1.82, 2.24) is 4.90 Å². The van der Waals surface area contributed by atoms with E-state index in [4.69, 9.17) is 0 Å². The highest BCUT2D eigenvalue weighted by Gasteiger charge is 2.55. The molecular weight excluding hydrogens is 174 g/mol. The molecule has 0 amide bonds. The summed E-state index contributed by atoms with van der Waals surface area (Å²) in [6.07, 6.45) is 5.51. The molecule has 14 heavy (non-hydrogen) atoms. The molecule has 2 nitrogen and oxygen atoms in total. The summed E-state index contributed by atoms with van der Waals surface area (Å²) in [5.41, 5.74) is 0. The summed E-state index contributed by atoms with van der Waals surface area (Å²) in [6.45, 7) is 0. The van der Waals surface area contributed by atoms with Crippen molar-refractivity contribution >= 4 is 0 Å². The van der Waals surface area contributed by atoms with Gasteiger partial charge in [-0.2, -0.15) is 0 Å². The Bertz CT molecular complexity index is 240. The second kappa shape index (κ2) is 2.96.